The van der Waals surface area contributed by atoms with Crippen LogP contribution in [0.15, 0.2) is 35.5 Å². The van der Waals surface area contributed by atoms with Crippen LogP contribution in [-0.2, 0) is 11.3 Å². The highest BCUT2D eigenvalue weighted by atomic mass is 32.2. The highest BCUT2D eigenvalue weighted by molar-refractivity contribution is 8.00. The molecule has 136 valence electrons. The van der Waals surface area contributed by atoms with Crippen molar-refractivity contribution in [2.45, 2.75) is 70.5 Å². The Labute approximate surface area is 155 Å². The van der Waals surface area contributed by atoms with Gasteiger partial charge in [-0.05, 0) is 39.7 Å². The number of carbonyl (C=O) groups excluding carboxylic acids is 1. The third kappa shape index (κ3) is 5.11. The van der Waals surface area contributed by atoms with Crippen molar-refractivity contribution in [3.63, 3.8) is 0 Å². The molecule has 0 aliphatic carbocycles. The Morgan fingerprint density at radius 2 is 1.92 bits per heavy atom. The van der Waals surface area contributed by atoms with Crippen molar-refractivity contribution >= 4 is 17.7 Å². The topological polar surface area (TPSA) is 46.9 Å². The van der Waals surface area contributed by atoms with Crippen LogP contribution in [0.3, 0.4) is 0 Å². The van der Waals surface area contributed by atoms with Gasteiger partial charge in [0, 0.05) is 12.2 Å². The number of carbonyl (C=O) groups is 1. The maximum Gasteiger partial charge on any atom is 0.233 e. The minimum atomic E-state index is -0.187. The molecule has 5 heteroatoms. The summed E-state index contributed by atoms with van der Waals surface area (Å²) < 4.78 is 2.24. The molecule has 25 heavy (non-hydrogen) atoms. The largest absolute Gasteiger partial charge is 0.349 e. The zero-order chi connectivity index (χ0) is 18.4. The number of nitrogens with one attached hydrogen (secondary N) is 1. The van der Waals surface area contributed by atoms with Crippen LogP contribution in [0, 0.1) is 13.8 Å². The monoisotopic (exact) mass is 359 g/mol. The quantitative estimate of drug-likeness (QED) is 0.697. The van der Waals surface area contributed by atoms with Gasteiger partial charge in [-0.25, -0.2) is 4.98 Å². The van der Waals surface area contributed by atoms with Crippen molar-refractivity contribution in [3.8, 4) is 0 Å². The highest BCUT2D eigenvalue weighted by Crippen LogP contribution is 2.26. The number of unbranched alkanes of at least 4 members (excludes halogenated alkanes) is 1. The molecule has 0 bridgehead atoms. The first kappa shape index (κ1) is 19.6. The standard InChI is InChI=1S/C20H29N3OS/c1-6-7-13-23-16(4)14(2)22-20(23)25-17(5)19(24)21-15(3)18-11-9-8-10-12-18/h8-12,15,17H,6-7,13H2,1-5H3,(H,21,24). The second kappa shape index (κ2) is 9.09. The van der Waals surface area contributed by atoms with Crippen LogP contribution in [0.4, 0.5) is 0 Å². The second-order valence-electron chi connectivity index (χ2n) is 6.47. The number of amides is 1. The molecule has 1 aromatic carbocycles. The zero-order valence-electron chi connectivity index (χ0n) is 15.9. The molecule has 0 saturated carbocycles. The predicted molar refractivity (Wildman–Crippen MR) is 105 cm³/mol. The zero-order valence-corrected chi connectivity index (χ0v) is 16.7. The molecule has 2 aromatic rings. The minimum absolute atomic E-state index is 0.0000542. The van der Waals surface area contributed by atoms with Gasteiger partial charge in [0.2, 0.25) is 5.91 Å². The van der Waals surface area contributed by atoms with E-state index in [2.05, 4.69) is 28.7 Å². The van der Waals surface area contributed by atoms with Gasteiger partial charge in [-0.15, -0.1) is 0 Å². The summed E-state index contributed by atoms with van der Waals surface area (Å²) >= 11 is 1.54. The van der Waals surface area contributed by atoms with Gasteiger partial charge in [-0.1, -0.05) is 55.4 Å². The van der Waals surface area contributed by atoms with Gasteiger partial charge in [0.15, 0.2) is 5.16 Å². The summed E-state index contributed by atoms with van der Waals surface area (Å²) in [5.74, 6) is 0.0432. The summed E-state index contributed by atoms with van der Waals surface area (Å²) in [5, 5.41) is 3.86. The van der Waals surface area contributed by atoms with Gasteiger partial charge in [-0.2, -0.15) is 0 Å². The smallest absolute Gasteiger partial charge is 0.233 e. The van der Waals surface area contributed by atoms with Crippen molar-refractivity contribution in [1.29, 1.82) is 0 Å². The molecule has 0 aliphatic rings. The molecule has 4 nitrogen and oxygen atoms in total. The fourth-order valence-corrected chi connectivity index (χ4v) is 3.70. The van der Waals surface area contributed by atoms with Crippen molar-refractivity contribution in [1.82, 2.24) is 14.9 Å². The van der Waals surface area contributed by atoms with E-state index in [0.717, 1.165) is 35.8 Å². The molecule has 2 unspecified atom stereocenters. The summed E-state index contributed by atoms with van der Waals surface area (Å²) in [7, 11) is 0. The summed E-state index contributed by atoms with van der Waals surface area (Å²) in [6.07, 6.45) is 2.27. The summed E-state index contributed by atoms with van der Waals surface area (Å²) in [5.41, 5.74) is 3.36. The first-order valence-electron chi connectivity index (χ1n) is 8.99. The Kier molecular flexibility index (Phi) is 7.12. The molecule has 2 rings (SSSR count). The summed E-state index contributed by atoms with van der Waals surface area (Å²) in [6.45, 7) is 11.2. The van der Waals surface area contributed by atoms with Gasteiger partial charge in [0.1, 0.15) is 0 Å². The molecule has 1 N–H and O–H groups in total. The lowest BCUT2D eigenvalue weighted by atomic mass is 10.1. The Morgan fingerprint density at radius 1 is 1.24 bits per heavy atom. The van der Waals surface area contributed by atoms with Crippen LogP contribution in [0.2, 0.25) is 0 Å². The maximum atomic E-state index is 12.6. The number of thioether (sulfide) groups is 1. The average Bonchev–Trinajstić information content (AvgIpc) is 2.87. The van der Waals surface area contributed by atoms with Crippen molar-refractivity contribution in [3.05, 3.63) is 47.3 Å². The number of imidazole rings is 1. The predicted octanol–water partition coefficient (Wildman–Crippen LogP) is 4.66. The van der Waals surface area contributed by atoms with Crippen molar-refractivity contribution in [2.24, 2.45) is 0 Å². The number of aromatic nitrogens is 2. The van der Waals surface area contributed by atoms with E-state index in [1.807, 2.05) is 51.1 Å². The van der Waals surface area contributed by atoms with Crippen LogP contribution in [0.1, 0.15) is 56.6 Å². The molecule has 1 amide bonds. The van der Waals surface area contributed by atoms with Gasteiger partial charge in [-0.3, -0.25) is 4.79 Å². The van der Waals surface area contributed by atoms with E-state index in [9.17, 15) is 4.79 Å². The molecule has 0 fully saturated rings. The van der Waals surface area contributed by atoms with E-state index in [1.54, 1.807) is 11.8 Å². The van der Waals surface area contributed by atoms with E-state index in [1.165, 1.54) is 5.69 Å². The van der Waals surface area contributed by atoms with Gasteiger partial charge >= 0.3 is 0 Å². The van der Waals surface area contributed by atoms with Crippen LogP contribution in [0.25, 0.3) is 0 Å². The Morgan fingerprint density at radius 3 is 2.56 bits per heavy atom. The van der Waals surface area contributed by atoms with E-state index in [4.69, 9.17) is 0 Å². The maximum absolute atomic E-state index is 12.6. The van der Waals surface area contributed by atoms with Crippen LogP contribution >= 0.6 is 11.8 Å². The molecule has 0 saturated heterocycles. The normalized spacial score (nSPS) is 13.5. The molecular formula is C20H29N3OS. The summed E-state index contributed by atoms with van der Waals surface area (Å²) in [4.78, 5) is 17.2. The first-order valence-corrected chi connectivity index (χ1v) is 9.87. The number of aryl methyl sites for hydroxylation is 1. The number of hydrogen-bond donors (Lipinski definition) is 1. The lowest BCUT2D eigenvalue weighted by Crippen LogP contribution is -2.33. The highest BCUT2D eigenvalue weighted by Gasteiger charge is 2.21. The molecule has 0 aliphatic heterocycles. The van der Waals surface area contributed by atoms with E-state index >= 15 is 0 Å². The lowest BCUT2D eigenvalue weighted by Gasteiger charge is -2.18. The fourth-order valence-electron chi connectivity index (χ4n) is 2.66. The minimum Gasteiger partial charge on any atom is -0.349 e. The molecule has 1 heterocycles. The van der Waals surface area contributed by atoms with Crippen molar-refractivity contribution in [2.75, 3.05) is 0 Å². The van der Waals surface area contributed by atoms with Gasteiger partial charge < -0.3 is 9.88 Å². The number of benzene rings is 1. The van der Waals surface area contributed by atoms with Gasteiger partial charge in [0.25, 0.3) is 0 Å². The van der Waals surface area contributed by atoms with E-state index in [0.29, 0.717) is 0 Å². The third-order valence-corrected chi connectivity index (χ3v) is 5.56. The average molecular weight is 360 g/mol. The van der Waals surface area contributed by atoms with Crippen LogP contribution in [0.5, 0.6) is 0 Å². The SMILES string of the molecule is CCCCn1c(SC(C)C(=O)NC(C)c2ccccc2)nc(C)c1C. The second-order valence-corrected chi connectivity index (χ2v) is 7.78. The molecule has 1 aromatic heterocycles. The Balaban J connectivity index is 2.02. The Hall–Kier alpha value is -1.75. The first-order chi connectivity index (χ1) is 11.9. The molecule has 2 atom stereocenters. The lowest BCUT2D eigenvalue weighted by molar-refractivity contribution is -0.120. The molecular weight excluding hydrogens is 330 g/mol. The molecule has 0 radical (unpaired) electrons. The Bertz CT molecular complexity index is 696. The van der Waals surface area contributed by atoms with Crippen LogP contribution in [-0.4, -0.2) is 20.7 Å². The third-order valence-electron chi connectivity index (χ3n) is 4.47. The van der Waals surface area contributed by atoms with Crippen molar-refractivity contribution < 1.29 is 4.79 Å². The number of hydrogen-bond acceptors (Lipinski definition) is 3. The van der Waals surface area contributed by atoms with Gasteiger partial charge in [0.05, 0.1) is 17.0 Å². The fraction of sp³-hybridized carbons (Fsp3) is 0.500. The van der Waals surface area contributed by atoms with E-state index in [-0.39, 0.29) is 17.2 Å². The molecule has 0 spiro atoms. The number of nitrogens with zero attached hydrogens (tertiary/aromatic N) is 2. The summed E-state index contributed by atoms with van der Waals surface area (Å²) in [6, 6.07) is 10.0. The van der Waals surface area contributed by atoms with Crippen LogP contribution < -0.4 is 5.32 Å². The number of rotatable bonds is 8. The van der Waals surface area contributed by atoms with E-state index < -0.39 is 0 Å².